The van der Waals surface area contributed by atoms with Gasteiger partial charge in [-0.15, -0.1) is 0 Å². The Kier molecular flexibility index (Phi) is 5.59. The second-order valence-electron chi connectivity index (χ2n) is 8.53. The Morgan fingerprint density at radius 2 is 2.22 bits per heavy atom. The SMILES string of the molecule is C/C=C(\C)Nc1nc2cc(CCC(=O)O)ccc2n1C1CCCC(C)(C)C1. The summed E-state index contributed by atoms with van der Waals surface area (Å²) in [6.45, 7) is 8.77. The van der Waals surface area contributed by atoms with Crippen LogP contribution in [0.1, 0.15) is 71.4 Å². The lowest BCUT2D eigenvalue weighted by molar-refractivity contribution is -0.136. The van der Waals surface area contributed by atoms with Gasteiger partial charge in [0.05, 0.1) is 11.0 Å². The van der Waals surface area contributed by atoms with Crippen molar-refractivity contribution in [3.05, 3.63) is 35.5 Å². The van der Waals surface area contributed by atoms with Crippen LogP contribution in [0.5, 0.6) is 0 Å². The Morgan fingerprint density at radius 3 is 2.89 bits per heavy atom. The summed E-state index contributed by atoms with van der Waals surface area (Å²) in [5.41, 5.74) is 4.50. The molecule has 27 heavy (non-hydrogen) atoms. The van der Waals surface area contributed by atoms with Gasteiger partial charge >= 0.3 is 5.97 Å². The zero-order valence-corrected chi connectivity index (χ0v) is 16.9. The molecule has 1 aliphatic carbocycles. The number of hydrogen-bond donors (Lipinski definition) is 2. The standard InChI is InChI=1S/C22H31N3O2/c1-5-15(2)23-21-24-18-13-16(9-11-20(26)27)8-10-19(18)25(21)17-7-6-12-22(3,4)14-17/h5,8,10,13,17H,6-7,9,11-12,14H2,1-4H3,(H,23,24)(H,26,27)/b15-5+. The number of benzene rings is 1. The second-order valence-corrected chi connectivity index (χ2v) is 8.53. The molecule has 1 fully saturated rings. The van der Waals surface area contributed by atoms with Gasteiger partial charge in [-0.2, -0.15) is 0 Å². The van der Waals surface area contributed by atoms with Crippen LogP contribution in [-0.4, -0.2) is 20.6 Å². The number of nitrogens with one attached hydrogen (secondary N) is 1. The van der Waals surface area contributed by atoms with Gasteiger partial charge in [0.1, 0.15) is 0 Å². The lowest BCUT2D eigenvalue weighted by Gasteiger charge is -2.36. The van der Waals surface area contributed by atoms with E-state index < -0.39 is 5.97 Å². The minimum Gasteiger partial charge on any atom is -0.481 e. The highest BCUT2D eigenvalue weighted by molar-refractivity contribution is 5.80. The van der Waals surface area contributed by atoms with Gasteiger partial charge in [-0.05, 0) is 62.6 Å². The van der Waals surface area contributed by atoms with Crippen molar-refractivity contribution in [1.29, 1.82) is 0 Å². The van der Waals surface area contributed by atoms with E-state index >= 15 is 0 Å². The predicted octanol–water partition coefficient (Wildman–Crippen LogP) is 5.53. The van der Waals surface area contributed by atoms with Gasteiger partial charge < -0.3 is 15.0 Å². The molecular weight excluding hydrogens is 338 g/mol. The molecule has 5 heteroatoms. The zero-order chi connectivity index (χ0) is 19.6. The Morgan fingerprint density at radius 1 is 1.44 bits per heavy atom. The Bertz CT molecular complexity index is 864. The van der Waals surface area contributed by atoms with Crippen molar-refractivity contribution < 1.29 is 9.90 Å². The molecule has 1 unspecified atom stereocenters. The third-order valence-corrected chi connectivity index (χ3v) is 5.67. The first kappa shape index (κ1) is 19.5. The first-order valence-corrected chi connectivity index (χ1v) is 9.92. The van der Waals surface area contributed by atoms with Gasteiger partial charge in [-0.1, -0.05) is 32.4 Å². The van der Waals surface area contributed by atoms with Gasteiger partial charge in [0.2, 0.25) is 5.95 Å². The number of aryl methyl sites for hydroxylation is 1. The summed E-state index contributed by atoms with van der Waals surface area (Å²) in [6, 6.07) is 6.62. The van der Waals surface area contributed by atoms with E-state index in [2.05, 4.69) is 29.8 Å². The molecule has 1 atom stereocenters. The molecule has 1 aromatic heterocycles. The summed E-state index contributed by atoms with van der Waals surface area (Å²) >= 11 is 0. The van der Waals surface area contributed by atoms with Crippen LogP contribution < -0.4 is 5.32 Å². The molecule has 146 valence electrons. The number of carboxylic acids is 1. The minimum absolute atomic E-state index is 0.145. The van der Waals surface area contributed by atoms with Crippen LogP contribution in [0.4, 0.5) is 5.95 Å². The van der Waals surface area contributed by atoms with E-state index in [1.807, 2.05) is 32.1 Å². The highest BCUT2D eigenvalue weighted by Crippen LogP contribution is 2.43. The van der Waals surface area contributed by atoms with Crippen LogP contribution in [0.15, 0.2) is 30.0 Å². The second kappa shape index (κ2) is 7.75. The quantitative estimate of drug-likeness (QED) is 0.702. The van der Waals surface area contributed by atoms with Crippen LogP contribution in [0, 0.1) is 5.41 Å². The molecule has 1 heterocycles. The van der Waals surface area contributed by atoms with Crippen molar-refractivity contribution in [1.82, 2.24) is 9.55 Å². The number of carboxylic acid groups (broad SMARTS) is 1. The topological polar surface area (TPSA) is 67.2 Å². The largest absolute Gasteiger partial charge is 0.481 e. The number of allylic oxidation sites excluding steroid dienone is 2. The van der Waals surface area contributed by atoms with Gasteiger partial charge in [-0.3, -0.25) is 4.79 Å². The van der Waals surface area contributed by atoms with Crippen molar-refractivity contribution in [2.24, 2.45) is 5.41 Å². The van der Waals surface area contributed by atoms with Crippen LogP contribution in [-0.2, 0) is 11.2 Å². The lowest BCUT2D eigenvalue weighted by Crippen LogP contribution is -2.25. The van der Waals surface area contributed by atoms with E-state index in [0.717, 1.165) is 34.7 Å². The van der Waals surface area contributed by atoms with E-state index in [4.69, 9.17) is 10.1 Å². The van der Waals surface area contributed by atoms with Crippen LogP contribution in [0.2, 0.25) is 0 Å². The van der Waals surface area contributed by atoms with Crippen molar-refractivity contribution >= 4 is 23.0 Å². The monoisotopic (exact) mass is 369 g/mol. The number of aromatic nitrogens is 2. The summed E-state index contributed by atoms with van der Waals surface area (Å²) < 4.78 is 2.37. The summed E-state index contributed by atoms with van der Waals surface area (Å²) in [7, 11) is 0. The number of carbonyl (C=O) groups is 1. The van der Waals surface area contributed by atoms with E-state index in [-0.39, 0.29) is 6.42 Å². The number of anilines is 1. The summed E-state index contributed by atoms with van der Waals surface area (Å²) in [4.78, 5) is 15.8. The highest BCUT2D eigenvalue weighted by atomic mass is 16.4. The van der Waals surface area contributed by atoms with Crippen molar-refractivity contribution in [2.75, 3.05) is 5.32 Å². The molecular formula is C22H31N3O2. The molecule has 0 aliphatic heterocycles. The van der Waals surface area contributed by atoms with Gasteiger partial charge in [-0.25, -0.2) is 4.98 Å². The van der Waals surface area contributed by atoms with E-state index in [1.54, 1.807) is 0 Å². The molecule has 0 spiro atoms. The molecule has 0 radical (unpaired) electrons. The van der Waals surface area contributed by atoms with Gasteiger partial charge in [0, 0.05) is 18.2 Å². The van der Waals surface area contributed by atoms with Crippen molar-refractivity contribution in [3.63, 3.8) is 0 Å². The Hall–Kier alpha value is -2.30. The number of nitrogens with zero attached hydrogens (tertiary/aromatic N) is 2. The zero-order valence-electron chi connectivity index (χ0n) is 16.9. The molecule has 1 saturated carbocycles. The fraction of sp³-hybridized carbons (Fsp3) is 0.545. The molecule has 2 N–H and O–H groups in total. The Balaban J connectivity index is 2.02. The maximum absolute atomic E-state index is 10.9. The normalized spacial score (nSPS) is 20.0. The maximum Gasteiger partial charge on any atom is 0.303 e. The molecule has 2 aromatic rings. The van der Waals surface area contributed by atoms with Crippen LogP contribution >= 0.6 is 0 Å². The Labute approximate surface area is 161 Å². The first-order chi connectivity index (χ1) is 12.8. The molecule has 3 rings (SSSR count). The summed E-state index contributed by atoms with van der Waals surface area (Å²) in [5, 5.41) is 12.4. The molecule has 1 aromatic carbocycles. The van der Waals surface area contributed by atoms with E-state index in [0.29, 0.717) is 17.9 Å². The average Bonchev–Trinajstić information content (AvgIpc) is 2.95. The molecule has 5 nitrogen and oxygen atoms in total. The maximum atomic E-state index is 10.9. The van der Waals surface area contributed by atoms with Crippen molar-refractivity contribution in [3.8, 4) is 0 Å². The minimum atomic E-state index is -0.767. The summed E-state index contributed by atoms with van der Waals surface area (Å²) in [5.74, 6) is 0.120. The van der Waals surface area contributed by atoms with Gasteiger partial charge in [0.25, 0.3) is 0 Å². The third-order valence-electron chi connectivity index (χ3n) is 5.67. The number of fused-ring (bicyclic) bond motifs is 1. The summed E-state index contributed by atoms with van der Waals surface area (Å²) in [6.07, 6.45) is 7.54. The third kappa shape index (κ3) is 4.52. The molecule has 0 saturated heterocycles. The predicted molar refractivity (Wildman–Crippen MR) is 110 cm³/mol. The smallest absolute Gasteiger partial charge is 0.303 e. The van der Waals surface area contributed by atoms with Crippen LogP contribution in [0.25, 0.3) is 11.0 Å². The number of aliphatic carboxylic acids is 1. The van der Waals surface area contributed by atoms with Gasteiger partial charge in [0.15, 0.2) is 0 Å². The molecule has 1 aliphatic rings. The highest BCUT2D eigenvalue weighted by Gasteiger charge is 2.31. The van der Waals surface area contributed by atoms with Crippen LogP contribution in [0.3, 0.4) is 0 Å². The molecule has 0 amide bonds. The number of hydrogen-bond acceptors (Lipinski definition) is 3. The fourth-order valence-corrected chi connectivity index (χ4v) is 4.14. The molecule has 0 bridgehead atoms. The van der Waals surface area contributed by atoms with E-state index in [1.165, 1.54) is 19.3 Å². The van der Waals surface area contributed by atoms with Crippen molar-refractivity contribution in [2.45, 2.75) is 72.3 Å². The average molecular weight is 370 g/mol. The lowest BCUT2D eigenvalue weighted by atomic mass is 9.75. The number of rotatable bonds is 6. The number of imidazole rings is 1. The fourth-order valence-electron chi connectivity index (χ4n) is 4.14. The van der Waals surface area contributed by atoms with E-state index in [9.17, 15) is 4.79 Å². The first-order valence-electron chi connectivity index (χ1n) is 9.92.